The van der Waals surface area contributed by atoms with Gasteiger partial charge in [-0.25, -0.2) is 0 Å². The van der Waals surface area contributed by atoms with Crippen LogP contribution in [0.25, 0.3) is 0 Å². The van der Waals surface area contributed by atoms with E-state index in [0.717, 1.165) is 29.6 Å². The van der Waals surface area contributed by atoms with Crippen LogP contribution in [0.5, 0.6) is 5.75 Å². The second-order valence-electron chi connectivity index (χ2n) is 11.6. The summed E-state index contributed by atoms with van der Waals surface area (Å²) in [6, 6.07) is 5.63. The largest absolute Gasteiger partial charge is 0.489 e. The van der Waals surface area contributed by atoms with Gasteiger partial charge in [-0.15, -0.1) is 0 Å². The van der Waals surface area contributed by atoms with E-state index in [1.165, 1.54) is 58.3 Å². The van der Waals surface area contributed by atoms with Crippen molar-refractivity contribution in [1.82, 2.24) is 20.0 Å². The molecule has 1 aromatic rings. The van der Waals surface area contributed by atoms with Crippen molar-refractivity contribution < 1.29 is 19.1 Å². The van der Waals surface area contributed by atoms with Gasteiger partial charge in [0.15, 0.2) is 0 Å². The molecule has 5 aliphatic rings. The summed E-state index contributed by atoms with van der Waals surface area (Å²) in [5.74, 6) is 1.76. The van der Waals surface area contributed by atoms with Gasteiger partial charge >= 0.3 is 0 Å². The van der Waals surface area contributed by atoms with Gasteiger partial charge in [0.1, 0.15) is 17.9 Å². The molecule has 8 heteroatoms. The Morgan fingerprint density at radius 3 is 2.50 bits per heavy atom. The molecule has 0 aromatic heterocycles. The first-order valence-corrected chi connectivity index (χ1v) is 13.8. The van der Waals surface area contributed by atoms with E-state index in [1.54, 1.807) is 4.90 Å². The molecule has 3 atom stereocenters. The summed E-state index contributed by atoms with van der Waals surface area (Å²) in [4.78, 5) is 43.6. The maximum absolute atomic E-state index is 13.0. The first kappa shape index (κ1) is 23.9. The molecule has 3 amide bonds. The van der Waals surface area contributed by atoms with E-state index in [1.807, 2.05) is 18.2 Å². The van der Waals surface area contributed by atoms with E-state index in [0.29, 0.717) is 24.6 Å². The van der Waals surface area contributed by atoms with Crippen molar-refractivity contribution in [3.05, 3.63) is 29.3 Å². The number of ether oxygens (including phenoxy) is 1. The molecule has 4 fully saturated rings. The average Bonchev–Trinajstić information content (AvgIpc) is 3.16. The molecule has 4 aliphatic heterocycles. The predicted octanol–water partition coefficient (Wildman–Crippen LogP) is 2.41. The molecule has 1 saturated carbocycles. The lowest BCUT2D eigenvalue weighted by molar-refractivity contribution is -0.136. The van der Waals surface area contributed by atoms with Gasteiger partial charge in [0.25, 0.3) is 5.91 Å². The van der Waals surface area contributed by atoms with Gasteiger partial charge in [-0.05, 0) is 94.3 Å². The number of imide groups is 1. The van der Waals surface area contributed by atoms with Crippen LogP contribution >= 0.6 is 0 Å². The number of nitrogens with one attached hydrogen (secondary N) is 1. The van der Waals surface area contributed by atoms with Crippen molar-refractivity contribution in [3.8, 4) is 5.75 Å². The highest BCUT2D eigenvalue weighted by molar-refractivity contribution is 6.05. The van der Waals surface area contributed by atoms with Gasteiger partial charge in [-0.2, -0.15) is 0 Å². The number of nitrogens with zero attached hydrogens (tertiary/aromatic N) is 3. The van der Waals surface area contributed by atoms with E-state index in [4.69, 9.17) is 4.74 Å². The third kappa shape index (κ3) is 4.54. The Kier molecular flexibility index (Phi) is 6.50. The molecular weight excluding hydrogens is 456 g/mol. The summed E-state index contributed by atoms with van der Waals surface area (Å²) < 4.78 is 6.59. The van der Waals surface area contributed by atoms with Crippen LogP contribution in [0.4, 0.5) is 0 Å². The second-order valence-corrected chi connectivity index (χ2v) is 11.6. The number of fused-ring (bicyclic) bond motifs is 1. The molecule has 8 nitrogen and oxygen atoms in total. The highest BCUT2D eigenvalue weighted by Gasteiger charge is 2.42. The molecule has 3 saturated heterocycles. The molecule has 36 heavy (non-hydrogen) atoms. The summed E-state index contributed by atoms with van der Waals surface area (Å²) in [5.41, 5.74) is 1.54. The first-order valence-electron chi connectivity index (χ1n) is 13.8. The van der Waals surface area contributed by atoms with Crippen molar-refractivity contribution in [1.29, 1.82) is 0 Å². The quantitative estimate of drug-likeness (QED) is 0.633. The summed E-state index contributed by atoms with van der Waals surface area (Å²) in [7, 11) is 2.23. The van der Waals surface area contributed by atoms with E-state index >= 15 is 0 Å². The highest BCUT2D eigenvalue weighted by atomic mass is 16.5. The van der Waals surface area contributed by atoms with Crippen LogP contribution < -0.4 is 10.1 Å². The molecule has 1 unspecified atom stereocenters. The Bertz CT molecular complexity index is 1030. The standard InChI is InChI=1S/C28H38N4O4/c1-30-12-10-18(11-13-30)20-15-31(16-20)23-4-2-3-5-25(23)36-21-6-7-22-19(14-21)17-32(28(22)35)24-8-9-26(33)29-27(24)34/h6-7,14,18,20,23-25H,2-5,8-13,15-17H2,1H3,(H,29,33,34)/t23-,24?,25-/m1/s1. The Morgan fingerprint density at radius 1 is 0.944 bits per heavy atom. The molecule has 0 radical (unpaired) electrons. The van der Waals surface area contributed by atoms with Crippen molar-refractivity contribution in [3.63, 3.8) is 0 Å². The normalized spacial score (nSPS) is 30.8. The number of carbonyl (C=O) groups excluding carboxylic acids is 3. The number of amides is 3. The van der Waals surface area contributed by atoms with Crippen LogP contribution in [0, 0.1) is 11.8 Å². The van der Waals surface area contributed by atoms with Crippen LogP contribution in [0.15, 0.2) is 18.2 Å². The van der Waals surface area contributed by atoms with Gasteiger partial charge < -0.3 is 14.5 Å². The molecule has 194 valence electrons. The van der Waals surface area contributed by atoms with Crippen LogP contribution in [-0.2, 0) is 16.1 Å². The molecular formula is C28H38N4O4. The zero-order valence-corrected chi connectivity index (χ0v) is 21.3. The maximum atomic E-state index is 13.0. The number of benzene rings is 1. The Balaban J connectivity index is 1.09. The van der Waals surface area contributed by atoms with Crippen molar-refractivity contribution in [2.24, 2.45) is 11.8 Å². The second kappa shape index (κ2) is 9.78. The number of piperidine rings is 2. The van der Waals surface area contributed by atoms with Crippen molar-refractivity contribution in [2.75, 3.05) is 33.2 Å². The molecule has 6 rings (SSSR count). The SMILES string of the molecule is CN1CCC(C2CN([C@@H]3CCCC[C@H]3Oc3ccc4c(c3)CN(C3CCC(=O)NC3=O)C4=O)C2)CC1. The summed E-state index contributed by atoms with van der Waals surface area (Å²) in [5, 5.41) is 2.37. The van der Waals surface area contributed by atoms with Gasteiger partial charge in [0.2, 0.25) is 11.8 Å². The van der Waals surface area contributed by atoms with Gasteiger partial charge in [0.05, 0.1) is 0 Å². The number of hydrogen-bond acceptors (Lipinski definition) is 6. The molecule has 4 heterocycles. The molecule has 0 bridgehead atoms. The molecule has 1 N–H and O–H groups in total. The monoisotopic (exact) mass is 494 g/mol. The average molecular weight is 495 g/mol. The fraction of sp³-hybridized carbons (Fsp3) is 0.679. The van der Waals surface area contributed by atoms with Gasteiger partial charge in [-0.3, -0.25) is 24.6 Å². The minimum Gasteiger partial charge on any atom is -0.489 e. The minimum atomic E-state index is -0.585. The van der Waals surface area contributed by atoms with E-state index < -0.39 is 6.04 Å². The number of hydrogen-bond donors (Lipinski definition) is 1. The topological polar surface area (TPSA) is 82.2 Å². The summed E-state index contributed by atoms with van der Waals surface area (Å²) in [6.45, 7) is 5.27. The van der Waals surface area contributed by atoms with E-state index in [-0.39, 0.29) is 30.2 Å². The zero-order chi connectivity index (χ0) is 24.8. The molecule has 1 aromatic carbocycles. The van der Waals surface area contributed by atoms with Crippen LogP contribution in [0.2, 0.25) is 0 Å². The lowest BCUT2D eigenvalue weighted by Gasteiger charge is -2.51. The molecule has 1 aliphatic carbocycles. The summed E-state index contributed by atoms with van der Waals surface area (Å²) in [6.07, 6.45) is 8.22. The number of rotatable bonds is 5. The number of likely N-dealkylation sites (tertiary alicyclic amines) is 2. The summed E-state index contributed by atoms with van der Waals surface area (Å²) >= 11 is 0. The van der Waals surface area contributed by atoms with Crippen LogP contribution in [0.1, 0.15) is 67.3 Å². The fourth-order valence-electron chi connectivity index (χ4n) is 7.05. The predicted molar refractivity (Wildman–Crippen MR) is 134 cm³/mol. The molecule has 0 spiro atoms. The lowest BCUT2D eigenvalue weighted by Crippen LogP contribution is -2.60. The Hall–Kier alpha value is -2.45. The lowest BCUT2D eigenvalue weighted by atomic mass is 9.77. The minimum absolute atomic E-state index is 0.137. The van der Waals surface area contributed by atoms with Crippen molar-refractivity contribution >= 4 is 17.7 Å². The smallest absolute Gasteiger partial charge is 0.255 e. The third-order valence-corrected chi connectivity index (χ3v) is 9.29. The first-order chi connectivity index (χ1) is 17.5. The number of carbonyl (C=O) groups is 3. The maximum Gasteiger partial charge on any atom is 0.255 e. The third-order valence-electron chi connectivity index (χ3n) is 9.29. The highest BCUT2D eigenvalue weighted by Crippen LogP contribution is 2.37. The van der Waals surface area contributed by atoms with E-state index in [9.17, 15) is 14.4 Å². The Labute approximate surface area is 213 Å². The van der Waals surface area contributed by atoms with Crippen LogP contribution in [0.3, 0.4) is 0 Å². The fourth-order valence-corrected chi connectivity index (χ4v) is 7.05. The van der Waals surface area contributed by atoms with Crippen LogP contribution in [-0.4, -0.2) is 83.8 Å². The van der Waals surface area contributed by atoms with Gasteiger partial charge in [0, 0.05) is 37.7 Å². The van der Waals surface area contributed by atoms with Crippen molar-refractivity contribution in [2.45, 2.75) is 76.1 Å². The van der Waals surface area contributed by atoms with E-state index in [2.05, 4.69) is 22.2 Å². The Morgan fingerprint density at radius 2 is 1.72 bits per heavy atom. The zero-order valence-electron chi connectivity index (χ0n) is 21.3. The van der Waals surface area contributed by atoms with Gasteiger partial charge in [-0.1, -0.05) is 6.42 Å².